The van der Waals surface area contributed by atoms with Gasteiger partial charge in [0, 0.05) is 0 Å². The van der Waals surface area contributed by atoms with Crippen LogP contribution in [-0.2, 0) is 9.59 Å². The summed E-state index contributed by atoms with van der Waals surface area (Å²) in [4.78, 5) is 27.3. The number of hydrogen-bond acceptors (Lipinski definition) is 3. The topological polar surface area (TPSA) is 46.6 Å². The monoisotopic (exact) mass is 309 g/mol. The first-order chi connectivity index (χ1) is 11.2. The van der Waals surface area contributed by atoms with E-state index < -0.39 is 0 Å². The largest absolute Gasteiger partial charge is 0.494 e. The maximum Gasteiger partial charge on any atom is 0.238 e. The third-order valence-electron chi connectivity index (χ3n) is 6.07. The number of rotatable bonds is 3. The van der Waals surface area contributed by atoms with E-state index in [9.17, 15) is 9.59 Å². The van der Waals surface area contributed by atoms with E-state index in [4.69, 9.17) is 4.74 Å². The van der Waals surface area contributed by atoms with Crippen LogP contribution in [-0.4, -0.2) is 18.4 Å². The summed E-state index contributed by atoms with van der Waals surface area (Å²) >= 11 is 0. The Morgan fingerprint density at radius 1 is 1.00 bits per heavy atom. The van der Waals surface area contributed by atoms with E-state index in [0.717, 1.165) is 5.75 Å². The predicted octanol–water partition coefficient (Wildman–Crippen LogP) is 2.64. The van der Waals surface area contributed by atoms with Crippen LogP contribution in [0.15, 0.2) is 36.4 Å². The van der Waals surface area contributed by atoms with Crippen LogP contribution in [0.3, 0.4) is 0 Å². The first kappa shape index (κ1) is 13.3. The lowest BCUT2D eigenvalue weighted by atomic mass is 9.63. The predicted molar refractivity (Wildman–Crippen MR) is 84.8 cm³/mol. The molecule has 6 atom stereocenters. The van der Waals surface area contributed by atoms with Gasteiger partial charge in [-0.1, -0.05) is 12.2 Å². The molecule has 5 aliphatic rings. The Hall–Kier alpha value is -2.10. The summed E-state index contributed by atoms with van der Waals surface area (Å²) in [5.41, 5.74) is 0.672. The first-order valence-corrected chi connectivity index (χ1v) is 8.49. The number of hydrogen-bond donors (Lipinski definition) is 0. The molecule has 3 fully saturated rings. The van der Waals surface area contributed by atoms with Crippen LogP contribution in [0.2, 0.25) is 0 Å². The molecule has 2 amide bonds. The van der Waals surface area contributed by atoms with Gasteiger partial charge in [-0.2, -0.15) is 0 Å². The Morgan fingerprint density at radius 2 is 1.57 bits per heavy atom. The first-order valence-electron chi connectivity index (χ1n) is 8.49. The van der Waals surface area contributed by atoms with Crippen LogP contribution in [0.1, 0.15) is 13.3 Å². The minimum absolute atomic E-state index is 0.00569. The molecule has 0 unspecified atom stereocenters. The Kier molecular flexibility index (Phi) is 2.59. The summed E-state index contributed by atoms with van der Waals surface area (Å²) in [7, 11) is 0. The normalized spacial score (nSPS) is 39.4. The summed E-state index contributed by atoms with van der Waals surface area (Å²) in [5.74, 6) is 2.32. The summed E-state index contributed by atoms with van der Waals surface area (Å²) in [6, 6.07) is 7.28. The van der Waals surface area contributed by atoms with E-state index in [1.165, 1.54) is 11.3 Å². The number of carbonyl (C=O) groups is 2. The zero-order chi connectivity index (χ0) is 15.7. The molecule has 1 saturated heterocycles. The lowest BCUT2D eigenvalue weighted by Crippen LogP contribution is -2.40. The minimum atomic E-state index is -0.132. The van der Waals surface area contributed by atoms with Crippen molar-refractivity contribution in [3.8, 4) is 5.75 Å². The second kappa shape index (κ2) is 4.47. The van der Waals surface area contributed by atoms with E-state index in [-0.39, 0.29) is 35.5 Å². The second-order valence-corrected chi connectivity index (χ2v) is 7.09. The average molecular weight is 309 g/mol. The summed E-state index contributed by atoms with van der Waals surface area (Å²) in [6.07, 6.45) is 5.60. The van der Waals surface area contributed by atoms with Gasteiger partial charge < -0.3 is 4.74 Å². The highest BCUT2D eigenvalue weighted by Gasteiger charge is 2.67. The third-order valence-corrected chi connectivity index (χ3v) is 6.07. The van der Waals surface area contributed by atoms with Gasteiger partial charge in [-0.3, -0.25) is 14.5 Å². The van der Waals surface area contributed by atoms with Gasteiger partial charge in [0.05, 0.1) is 24.1 Å². The quantitative estimate of drug-likeness (QED) is 0.637. The fourth-order valence-electron chi connectivity index (χ4n) is 5.07. The molecule has 4 nitrogen and oxygen atoms in total. The summed E-state index contributed by atoms with van der Waals surface area (Å²) in [5, 5.41) is 0. The van der Waals surface area contributed by atoms with Crippen LogP contribution in [0.4, 0.5) is 5.69 Å². The summed E-state index contributed by atoms with van der Waals surface area (Å²) < 4.78 is 5.44. The standard InChI is InChI=1S/C19H19NO3/c1-2-23-11-5-3-10(4-6-11)20-18(21)16-12-7-8-13(15-9-14(12)15)17(16)19(20)22/h3-8,12-17H,2,9H2,1H3/t12-,13-,14-,15+,16-,17+/m0/s1. The molecule has 1 aromatic carbocycles. The number of imide groups is 1. The number of nitrogens with zero attached hydrogens (tertiary/aromatic N) is 1. The molecular formula is C19H19NO3. The number of amides is 2. The molecule has 23 heavy (non-hydrogen) atoms. The lowest BCUT2D eigenvalue weighted by Gasteiger charge is -2.37. The molecule has 1 aromatic rings. The molecular weight excluding hydrogens is 290 g/mol. The van der Waals surface area contributed by atoms with Crippen LogP contribution in [0, 0.1) is 35.5 Å². The van der Waals surface area contributed by atoms with Crippen LogP contribution >= 0.6 is 0 Å². The number of ether oxygens (including phenoxy) is 1. The van der Waals surface area contributed by atoms with Crippen molar-refractivity contribution in [3.63, 3.8) is 0 Å². The van der Waals surface area contributed by atoms with Gasteiger partial charge in [-0.25, -0.2) is 0 Å². The maximum atomic E-state index is 13.0. The van der Waals surface area contributed by atoms with Crippen molar-refractivity contribution in [2.24, 2.45) is 35.5 Å². The zero-order valence-electron chi connectivity index (χ0n) is 13.0. The number of anilines is 1. The van der Waals surface area contributed by atoms with Gasteiger partial charge in [-0.15, -0.1) is 0 Å². The van der Waals surface area contributed by atoms with Crippen molar-refractivity contribution in [3.05, 3.63) is 36.4 Å². The highest BCUT2D eigenvalue weighted by molar-refractivity contribution is 6.22. The van der Waals surface area contributed by atoms with Crippen molar-refractivity contribution in [1.29, 1.82) is 0 Å². The Morgan fingerprint density at radius 3 is 2.09 bits per heavy atom. The van der Waals surface area contributed by atoms with Crippen LogP contribution < -0.4 is 9.64 Å². The van der Waals surface area contributed by atoms with Crippen molar-refractivity contribution < 1.29 is 14.3 Å². The number of carbonyl (C=O) groups excluding carboxylic acids is 2. The number of allylic oxidation sites excluding steroid dienone is 2. The Bertz CT molecular complexity index is 687. The van der Waals surface area contributed by atoms with Gasteiger partial charge in [-0.05, 0) is 61.3 Å². The molecule has 6 rings (SSSR count). The molecule has 2 bridgehead atoms. The molecule has 2 saturated carbocycles. The summed E-state index contributed by atoms with van der Waals surface area (Å²) in [6.45, 7) is 2.53. The maximum absolute atomic E-state index is 13.0. The van der Waals surface area contributed by atoms with E-state index in [1.807, 2.05) is 31.2 Å². The molecule has 0 N–H and O–H groups in total. The molecule has 118 valence electrons. The van der Waals surface area contributed by atoms with Crippen LogP contribution in [0.25, 0.3) is 0 Å². The molecule has 0 aromatic heterocycles. The lowest BCUT2D eigenvalue weighted by molar-refractivity contribution is -0.124. The van der Waals surface area contributed by atoms with Gasteiger partial charge in [0.25, 0.3) is 0 Å². The zero-order valence-corrected chi connectivity index (χ0v) is 13.0. The molecule has 4 aliphatic carbocycles. The highest BCUT2D eigenvalue weighted by Crippen LogP contribution is 2.65. The van der Waals surface area contributed by atoms with Crippen molar-refractivity contribution in [2.45, 2.75) is 13.3 Å². The molecule has 0 spiro atoms. The van der Waals surface area contributed by atoms with Crippen LogP contribution in [0.5, 0.6) is 5.75 Å². The molecule has 0 radical (unpaired) electrons. The molecule has 1 aliphatic heterocycles. The molecule has 1 heterocycles. The van der Waals surface area contributed by atoms with Gasteiger partial charge in [0.1, 0.15) is 5.75 Å². The van der Waals surface area contributed by atoms with Gasteiger partial charge >= 0.3 is 0 Å². The smallest absolute Gasteiger partial charge is 0.238 e. The Balaban J connectivity index is 1.49. The van der Waals surface area contributed by atoms with Gasteiger partial charge in [0.2, 0.25) is 11.8 Å². The minimum Gasteiger partial charge on any atom is -0.494 e. The van der Waals surface area contributed by atoms with Crippen molar-refractivity contribution in [2.75, 3.05) is 11.5 Å². The third kappa shape index (κ3) is 1.66. The van der Waals surface area contributed by atoms with E-state index >= 15 is 0 Å². The van der Waals surface area contributed by atoms with Gasteiger partial charge in [0.15, 0.2) is 0 Å². The fourth-order valence-corrected chi connectivity index (χ4v) is 5.07. The number of benzene rings is 1. The average Bonchev–Trinajstić information content (AvgIpc) is 3.34. The Labute approximate surface area is 135 Å². The second-order valence-electron chi connectivity index (χ2n) is 7.09. The van der Waals surface area contributed by atoms with E-state index in [1.54, 1.807) is 0 Å². The SMILES string of the molecule is CCOc1ccc(N2C(=O)[C@@H]3[C@H]4C=C[C@@H]([C@@H]5C[C@H]45)[C@@H]3C2=O)cc1. The van der Waals surface area contributed by atoms with Crippen molar-refractivity contribution in [1.82, 2.24) is 0 Å². The molecule has 4 heteroatoms. The van der Waals surface area contributed by atoms with E-state index in [0.29, 0.717) is 24.1 Å². The van der Waals surface area contributed by atoms with E-state index in [2.05, 4.69) is 12.2 Å². The fraction of sp³-hybridized carbons (Fsp3) is 0.474. The van der Waals surface area contributed by atoms with Crippen molar-refractivity contribution >= 4 is 17.5 Å². The highest BCUT2D eigenvalue weighted by atomic mass is 16.5.